The van der Waals surface area contributed by atoms with Crippen LogP contribution in [-0.4, -0.2) is 87.1 Å². The van der Waals surface area contributed by atoms with Crippen LogP contribution >= 0.6 is 0 Å². The van der Waals surface area contributed by atoms with Gasteiger partial charge in [-0.1, -0.05) is 0 Å². The molecular formula is C17H26N4O7. The van der Waals surface area contributed by atoms with Crippen molar-refractivity contribution in [3.05, 3.63) is 21.9 Å². The highest BCUT2D eigenvalue weighted by molar-refractivity contribution is 5.88. The van der Waals surface area contributed by atoms with E-state index in [2.05, 4.69) is 4.98 Å². The van der Waals surface area contributed by atoms with Crippen molar-refractivity contribution >= 4 is 12.0 Å². The van der Waals surface area contributed by atoms with Crippen molar-refractivity contribution in [1.82, 2.24) is 19.4 Å². The van der Waals surface area contributed by atoms with E-state index in [1.807, 2.05) is 0 Å². The molecule has 1 fully saturated rings. The molecule has 28 heavy (non-hydrogen) atoms. The minimum Gasteiger partial charge on any atom is -0.501 e. The lowest BCUT2D eigenvalue weighted by Crippen LogP contribution is -2.51. The van der Waals surface area contributed by atoms with Crippen LogP contribution < -0.4 is 5.56 Å². The minimum atomic E-state index is -1.53. The zero-order valence-corrected chi connectivity index (χ0v) is 16.2. The molecule has 1 aliphatic rings. The molecule has 0 atom stereocenters. The first-order chi connectivity index (χ1) is 13.2. The van der Waals surface area contributed by atoms with E-state index < -0.39 is 28.6 Å². The first-order valence-corrected chi connectivity index (χ1v) is 8.97. The second kappa shape index (κ2) is 8.57. The number of hydrogen-bond acceptors (Lipinski definition) is 7. The highest BCUT2D eigenvalue weighted by Gasteiger charge is 2.43. The number of hydrogen-bond donors (Lipinski definition) is 3. The fourth-order valence-corrected chi connectivity index (χ4v) is 3.35. The number of amides is 2. The third kappa shape index (κ3) is 3.94. The molecule has 2 rings (SSSR count). The Morgan fingerprint density at radius 2 is 1.89 bits per heavy atom. The number of urea groups is 1. The number of ether oxygens (including phenoxy) is 1. The van der Waals surface area contributed by atoms with Crippen LogP contribution in [0.4, 0.5) is 4.79 Å². The Balaban J connectivity index is 2.54. The lowest BCUT2D eigenvalue weighted by Gasteiger charge is -2.42. The second-order valence-corrected chi connectivity index (χ2v) is 6.72. The Bertz CT molecular complexity index is 797. The monoisotopic (exact) mass is 398 g/mol. The lowest BCUT2D eigenvalue weighted by atomic mass is 9.89. The van der Waals surface area contributed by atoms with Crippen molar-refractivity contribution < 1.29 is 29.6 Å². The van der Waals surface area contributed by atoms with Crippen molar-refractivity contribution in [2.75, 3.05) is 40.4 Å². The van der Waals surface area contributed by atoms with E-state index >= 15 is 0 Å². The summed E-state index contributed by atoms with van der Waals surface area (Å²) in [7, 11) is 3.28. The number of aliphatic hydroxyl groups is 1. The number of carboxylic acids is 1. The SMILES string of the molecule is CCn1c(C2(OCCO)CCN(C(=O)N(C)C)CC2)nc(C(=O)O)c(O)c1=O. The van der Waals surface area contributed by atoms with Crippen LogP contribution in [0.2, 0.25) is 0 Å². The first-order valence-electron chi connectivity index (χ1n) is 8.97. The van der Waals surface area contributed by atoms with E-state index in [0.29, 0.717) is 13.1 Å². The summed E-state index contributed by atoms with van der Waals surface area (Å²) in [6.07, 6.45) is 0.506. The molecule has 3 N–H and O–H groups in total. The Morgan fingerprint density at radius 3 is 2.36 bits per heavy atom. The molecular weight excluding hydrogens is 372 g/mol. The predicted molar refractivity (Wildman–Crippen MR) is 97.4 cm³/mol. The number of carboxylic acid groups (broad SMARTS) is 1. The Labute approximate surface area is 161 Å². The van der Waals surface area contributed by atoms with Crippen LogP contribution in [0, 0.1) is 0 Å². The van der Waals surface area contributed by atoms with Gasteiger partial charge in [0.15, 0.2) is 5.69 Å². The molecule has 0 saturated carbocycles. The van der Waals surface area contributed by atoms with E-state index in [0.717, 1.165) is 0 Å². The highest BCUT2D eigenvalue weighted by atomic mass is 16.5. The van der Waals surface area contributed by atoms with E-state index in [4.69, 9.17) is 4.74 Å². The molecule has 0 aromatic carbocycles. The molecule has 156 valence electrons. The van der Waals surface area contributed by atoms with Crippen LogP contribution in [0.3, 0.4) is 0 Å². The number of piperidine rings is 1. The Morgan fingerprint density at radius 1 is 1.29 bits per heavy atom. The van der Waals surface area contributed by atoms with Crippen molar-refractivity contribution in [3.8, 4) is 5.75 Å². The molecule has 0 spiro atoms. The molecule has 2 heterocycles. The molecule has 1 saturated heterocycles. The third-order valence-corrected chi connectivity index (χ3v) is 4.77. The molecule has 0 unspecified atom stereocenters. The zero-order chi connectivity index (χ0) is 21.1. The molecule has 0 radical (unpaired) electrons. The molecule has 1 aromatic rings. The number of nitrogens with zero attached hydrogens (tertiary/aromatic N) is 4. The van der Waals surface area contributed by atoms with Gasteiger partial charge in [-0.3, -0.25) is 9.36 Å². The molecule has 2 amide bonds. The van der Waals surface area contributed by atoms with Crippen LogP contribution in [0.15, 0.2) is 4.79 Å². The number of aromatic hydroxyl groups is 1. The van der Waals surface area contributed by atoms with Crippen molar-refractivity contribution in [1.29, 1.82) is 0 Å². The van der Waals surface area contributed by atoms with Gasteiger partial charge in [-0.05, 0) is 6.92 Å². The summed E-state index contributed by atoms with van der Waals surface area (Å²) in [5.41, 5.74) is -2.79. The summed E-state index contributed by atoms with van der Waals surface area (Å²) < 4.78 is 7.04. The Kier molecular flexibility index (Phi) is 6.62. The number of aliphatic hydroxyl groups excluding tert-OH is 1. The average molecular weight is 398 g/mol. The first kappa shape index (κ1) is 21.6. The fourth-order valence-electron chi connectivity index (χ4n) is 3.35. The summed E-state index contributed by atoms with van der Waals surface area (Å²) >= 11 is 0. The third-order valence-electron chi connectivity index (χ3n) is 4.77. The van der Waals surface area contributed by atoms with Gasteiger partial charge < -0.3 is 29.9 Å². The standard InChI is InChI=1S/C17H26N4O7/c1-4-21-13(24)12(23)11(14(25)26)18-15(21)17(28-10-9-22)5-7-20(8-6-17)16(27)19(2)3/h22-23H,4-10H2,1-3H3,(H,25,26). The highest BCUT2D eigenvalue weighted by Crippen LogP contribution is 2.36. The number of carbonyl (C=O) groups is 2. The van der Waals surface area contributed by atoms with E-state index in [1.54, 1.807) is 25.9 Å². The maximum atomic E-state index is 12.5. The molecule has 11 heteroatoms. The van der Waals surface area contributed by atoms with Gasteiger partial charge in [-0.2, -0.15) is 0 Å². The maximum absolute atomic E-state index is 12.5. The van der Waals surface area contributed by atoms with Crippen molar-refractivity contribution in [2.45, 2.75) is 31.9 Å². The van der Waals surface area contributed by atoms with Gasteiger partial charge in [0.2, 0.25) is 5.75 Å². The van der Waals surface area contributed by atoms with Gasteiger partial charge in [0.25, 0.3) is 5.56 Å². The summed E-state index contributed by atoms with van der Waals surface area (Å²) in [4.78, 5) is 43.3. The number of carbonyl (C=O) groups excluding carboxylic acids is 1. The summed E-state index contributed by atoms with van der Waals surface area (Å²) in [6.45, 7) is 2.07. The van der Waals surface area contributed by atoms with Gasteiger partial charge in [0.05, 0.1) is 13.2 Å². The van der Waals surface area contributed by atoms with Gasteiger partial charge in [0.1, 0.15) is 11.4 Å². The summed E-state index contributed by atoms with van der Waals surface area (Å²) in [6, 6.07) is -0.173. The summed E-state index contributed by atoms with van der Waals surface area (Å²) in [5.74, 6) is -2.40. The number of likely N-dealkylation sites (tertiary alicyclic amines) is 1. The minimum absolute atomic E-state index is 0.0511. The maximum Gasteiger partial charge on any atom is 0.358 e. The predicted octanol–water partition coefficient (Wildman–Crippen LogP) is -0.351. The quantitative estimate of drug-likeness (QED) is 0.589. The zero-order valence-electron chi connectivity index (χ0n) is 16.2. The smallest absolute Gasteiger partial charge is 0.358 e. The molecule has 0 aliphatic carbocycles. The topological polar surface area (TPSA) is 145 Å². The van der Waals surface area contributed by atoms with E-state index in [9.17, 15) is 29.7 Å². The molecule has 1 aromatic heterocycles. The van der Waals surface area contributed by atoms with Crippen LogP contribution in [0.25, 0.3) is 0 Å². The number of aromatic carboxylic acids is 1. The van der Waals surface area contributed by atoms with Crippen LogP contribution in [0.1, 0.15) is 36.1 Å². The van der Waals surface area contributed by atoms with Crippen LogP contribution in [0.5, 0.6) is 5.75 Å². The van der Waals surface area contributed by atoms with Gasteiger partial charge in [-0.15, -0.1) is 0 Å². The fraction of sp³-hybridized carbons (Fsp3) is 0.647. The largest absolute Gasteiger partial charge is 0.501 e. The van der Waals surface area contributed by atoms with E-state index in [-0.39, 0.29) is 44.5 Å². The average Bonchev–Trinajstić information content (AvgIpc) is 2.67. The molecule has 11 nitrogen and oxygen atoms in total. The Hall–Kier alpha value is -2.66. The lowest BCUT2D eigenvalue weighted by molar-refractivity contribution is -0.102. The van der Waals surface area contributed by atoms with Gasteiger partial charge in [-0.25, -0.2) is 14.6 Å². The van der Waals surface area contributed by atoms with Crippen LogP contribution in [-0.2, 0) is 16.9 Å². The molecule has 1 aliphatic heterocycles. The van der Waals surface area contributed by atoms with E-state index in [1.165, 1.54) is 9.47 Å². The summed E-state index contributed by atoms with van der Waals surface area (Å²) in [5, 5.41) is 28.4. The van der Waals surface area contributed by atoms with Gasteiger partial charge >= 0.3 is 12.0 Å². The second-order valence-electron chi connectivity index (χ2n) is 6.72. The normalized spacial score (nSPS) is 16.1. The number of aromatic nitrogens is 2. The van der Waals surface area contributed by atoms with Gasteiger partial charge in [0, 0.05) is 46.6 Å². The van der Waals surface area contributed by atoms with Crippen molar-refractivity contribution in [2.24, 2.45) is 0 Å². The number of rotatable bonds is 6. The van der Waals surface area contributed by atoms with Crippen molar-refractivity contribution in [3.63, 3.8) is 0 Å². The molecule has 0 bridgehead atoms.